The van der Waals surface area contributed by atoms with Gasteiger partial charge in [-0.1, -0.05) is 11.6 Å². The fraction of sp³-hybridized carbons (Fsp3) is 0. The van der Waals surface area contributed by atoms with Crippen molar-refractivity contribution >= 4 is 43.9 Å². The molecular weight excluding hydrogens is 190 g/mol. The van der Waals surface area contributed by atoms with E-state index in [1.165, 1.54) is 22.9 Å². The molecule has 5 heteroatoms. The zero-order chi connectivity index (χ0) is 7.14. The lowest BCUT2D eigenvalue weighted by Crippen LogP contribution is -1.94. The van der Waals surface area contributed by atoms with E-state index in [2.05, 4.69) is 4.37 Å². The Bertz CT molecular complexity index is 412. The van der Waals surface area contributed by atoms with Crippen molar-refractivity contribution in [2.75, 3.05) is 0 Å². The summed E-state index contributed by atoms with van der Waals surface area (Å²) in [7, 11) is 0. The Labute approximate surface area is 69.2 Å². The summed E-state index contributed by atoms with van der Waals surface area (Å²) in [5, 5.41) is 0.708. The van der Waals surface area contributed by atoms with E-state index in [4.69, 9.17) is 11.6 Å². The Balaban J connectivity index is 3.03. The Kier molecular flexibility index (Phi) is 1.33. The molecule has 0 amide bonds. The van der Waals surface area contributed by atoms with Gasteiger partial charge in [0.05, 0.1) is 9.72 Å². The van der Waals surface area contributed by atoms with Gasteiger partial charge in [0, 0.05) is 0 Å². The summed E-state index contributed by atoms with van der Waals surface area (Å²) < 4.78 is 4.26. The second-order valence-electron chi connectivity index (χ2n) is 1.78. The lowest BCUT2D eigenvalue weighted by atomic mass is 10.5. The van der Waals surface area contributed by atoms with E-state index in [1.807, 2.05) is 0 Å². The standard InChI is InChI=1S/C5H2ClNOS2/c6-3-1-2-4(8)7-10-5(2)9-3/h1H,(H,7,8). The summed E-state index contributed by atoms with van der Waals surface area (Å²) in [4.78, 5) is 10.9. The van der Waals surface area contributed by atoms with Gasteiger partial charge in [-0.25, -0.2) is 0 Å². The Hall–Kier alpha value is -0.320. The summed E-state index contributed by atoms with van der Waals surface area (Å²) >= 11 is 8.43. The Morgan fingerprint density at radius 1 is 1.60 bits per heavy atom. The SMILES string of the molecule is O=c1[nH]sc2sc(Cl)cc12. The first-order valence-corrected chi connectivity index (χ1v) is 4.55. The van der Waals surface area contributed by atoms with Gasteiger partial charge in [-0.15, -0.1) is 11.3 Å². The van der Waals surface area contributed by atoms with Crippen molar-refractivity contribution in [1.29, 1.82) is 0 Å². The maximum absolute atomic E-state index is 10.9. The van der Waals surface area contributed by atoms with Crippen molar-refractivity contribution < 1.29 is 0 Å². The van der Waals surface area contributed by atoms with Crippen LogP contribution in [0.3, 0.4) is 0 Å². The fourth-order valence-electron chi connectivity index (χ4n) is 0.727. The molecular formula is C5H2ClNOS2. The minimum absolute atomic E-state index is 0.0387. The minimum Gasteiger partial charge on any atom is -0.276 e. The summed E-state index contributed by atoms with van der Waals surface area (Å²) in [6, 6.07) is 1.69. The van der Waals surface area contributed by atoms with E-state index in [-0.39, 0.29) is 5.56 Å². The van der Waals surface area contributed by atoms with E-state index in [9.17, 15) is 4.79 Å². The zero-order valence-corrected chi connectivity index (χ0v) is 7.07. The third-order valence-corrected chi connectivity index (χ3v) is 3.40. The predicted molar refractivity (Wildman–Crippen MR) is 45.3 cm³/mol. The van der Waals surface area contributed by atoms with Gasteiger partial charge in [0.25, 0.3) is 5.56 Å². The van der Waals surface area contributed by atoms with Gasteiger partial charge in [-0.3, -0.25) is 9.17 Å². The minimum atomic E-state index is -0.0387. The molecule has 0 atom stereocenters. The van der Waals surface area contributed by atoms with E-state index in [0.717, 1.165) is 4.01 Å². The maximum Gasteiger partial charge on any atom is 0.266 e. The first kappa shape index (κ1) is 6.39. The van der Waals surface area contributed by atoms with Crippen LogP contribution in [0, 0.1) is 0 Å². The number of halogens is 1. The number of nitrogens with one attached hydrogen (secondary N) is 1. The van der Waals surface area contributed by atoms with Crippen molar-refractivity contribution in [3.05, 3.63) is 20.8 Å². The van der Waals surface area contributed by atoms with Gasteiger partial charge in [0.2, 0.25) is 0 Å². The van der Waals surface area contributed by atoms with Crippen LogP contribution in [-0.4, -0.2) is 4.37 Å². The lowest BCUT2D eigenvalue weighted by Gasteiger charge is -1.67. The molecule has 2 nitrogen and oxygen atoms in total. The number of thiophene rings is 1. The van der Waals surface area contributed by atoms with Crippen LogP contribution in [-0.2, 0) is 0 Å². The first-order chi connectivity index (χ1) is 4.77. The van der Waals surface area contributed by atoms with E-state index >= 15 is 0 Å². The molecule has 2 rings (SSSR count). The maximum atomic E-state index is 10.9. The Morgan fingerprint density at radius 3 is 3.10 bits per heavy atom. The molecule has 10 heavy (non-hydrogen) atoms. The van der Waals surface area contributed by atoms with Crippen molar-refractivity contribution in [3.63, 3.8) is 0 Å². The van der Waals surface area contributed by atoms with Gasteiger partial charge >= 0.3 is 0 Å². The zero-order valence-electron chi connectivity index (χ0n) is 4.68. The van der Waals surface area contributed by atoms with Gasteiger partial charge in [-0.05, 0) is 17.6 Å². The second kappa shape index (κ2) is 2.08. The van der Waals surface area contributed by atoms with Gasteiger partial charge in [0.15, 0.2) is 0 Å². The van der Waals surface area contributed by atoms with Crippen molar-refractivity contribution in [1.82, 2.24) is 4.37 Å². The summed E-state index contributed by atoms with van der Waals surface area (Å²) in [6.45, 7) is 0. The highest BCUT2D eigenvalue weighted by molar-refractivity contribution is 7.37. The first-order valence-electron chi connectivity index (χ1n) is 2.54. The number of fused-ring (bicyclic) bond motifs is 1. The molecule has 2 heterocycles. The third kappa shape index (κ3) is 0.801. The monoisotopic (exact) mass is 191 g/mol. The predicted octanol–water partition coefficient (Wildman–Crippen LogP) is 2.30. The third-order valence-electron chi connectivity index (χ3n) is 1.15. The van der Waals surface area contributed by atoms with Crippen LogP contribution in [0.25, 0.3) is 9.40 Å². The van der Waals surface area contributed by atoms with Crippen LogP contribution in [0.4, 0.5) is 0 Å². The molecule has 2 aromatic heterocycles. The van der Waals surface area contributed by atoms with Gasteiger partial charge in [-0.2, -0.15) is 0 Å². The van der Waals surface area contributed by atoms with E-state index in [0.29, 0.717) is 9.72 Å². The highest BCUT2D eigenvalue weighted by atomic mass is 35.5. The number of aromatic amines is 1. The molecule has 0 spiro atoms. The smallest absolute Gasteiger partial charge is 0.266 e. The molecule has 0 aliphatic heterocycles. The van der Waals surface area contributed by atoms with E-state index < -0.39 is 0 Å². The number of rotatable bonds is 0. The number of hydrogen-bond donors (Lipinski definition) is 1. The average molecular weight is 192 g/mol. The molecule has 2 aromatic rings. The molecule has 0 bridgehead atoms. The van der Waals surface area contributed by atoms with Gasteiger partial charge < -0.3 is 0 Å². The molecule has 0 aliphatic carbocycles. The molecule has 0 saturated heterocycles. The molecule has 52 valence electrons. The average Bonchev–Trinajstić information content (AvgIpc) is 2.35. The largest absolute Gasteiger partial charge is 0.276 e. The van der Waals surface area contributed by atoms with Crippen LogP contribution in [0.15, 0.2) is 10.9 Å². The molecule has 0 saturated carbocycles. The van der Waals surface area contributed by atoms with Crippen LogP contribution < -0.4 is 5.56 Å². The van der Waals surface area contributed by atoms with Crippen LogP contribution in [0.2, 0.25) is 4.34 Å². The summed E-state index contributed by atoms with van der Waals surface area (Å²) in [5.74, 6) is 0. The molecule has 1 N–H and O–H groups in total. The molecule has 0 unspecified atom stereocenters. The Morgan fingerprint density at radius 2 is 2.40 bits per heavy atom. The van der Waals surface area contributed by atoms with E-state index in [1.54, 1.807) is 6.07 Å². The molecule has 0 fully saturated rings. The highest BCUT2D eigenvalue weighted by Crippen LogP contribution is 2.29. The van der Waals surface area contributed by atoms with Crippen LogP contribution in [0.1, 0.15) is 0 Å². The number of hydrogen-bond acceptors (Lipinski definition) is 3. The quantitative estimate of drug-likeness (QED) is 0.681. The number of aromatic nitrogens is 1. The van der Waals surface area contributed by atoms with Gasteiger partial charge in [0.1, 0.15) is 4.01 Å². The lowest BCUT2D eigenvalue weighted by molar-refractivity contribution is 1.47. The van der Waals surface area contributed by atoms with Crippen LogP contribution >= 0.6 is 34.5 Å². The summed E-state index contributed by atoms with van der Waals surface area (Å²) in [6.07, 6.45) is 0. The topological polar surface area (TPSA) is 32.9 Å². The number of H-pyrrole nitrogens is 1. The van der Waals surface area contributed by atoms with Crippen molar-refractivity contribution in [2.24, 2.45) is 0 Å². The normalized spacial score (nSPS) is 10.9. The highest BCUT2D eigenvalue weighted by Gasteiger charge is 2.04. The van der Waals surface area contributed by atoms with Crippen molar-refractivity contribution in [3.8, 4) is 0 Å². The molecule has 0 aromatic carbocycles. The van der Waals surface area contributed by atoms with Crippen molar-refractivity contribution in [2.45, 2.75) is 0 Å². The summed E-state index contributed by atoms with van der Waals surface area (Å²) in [5.41, 5.74) is -0.0387. The molecule has 0 radical (unpaired) electrons. The second-order valence-corrected chi connectivity index (χ2v) is 4.54. The van der Waals surface area contributed by atoms with Crippen LogP contribution in [0.5, 0.6) is 0 Å². The molecule has 0 aliphatic rings. The fourth-order valence-corrected chi connectivity index (χ4v) is 2.94.